The monoisotopic (exact) mass is 380 g/mol. The van der Waals surface area contributed by atoms with Gasteiger partial charge in [-0.2, -0.15) is 0 Å². The first-order valence-corrected chi connectivity index (χ1v) is 10.2. The van der Waals surface area contributed by atoms with Gasteiger partial charge in [-0.15, -0.1) is 0 Å². The van der Waals surface area contributed by atoms with E-state index < -0.39 is 29.9 Å². The Morgan fingerprint density at radius 2 is 1.56 bits per heavy atom. The van der Waals surface area contributed by atoms with Crippen molar-refractivity contribution in [3.8, 4) is 0 Å². The minimum Gasteiger partial charge on any atom is -0.429 e. The van der Waals surface area contributed by atoms with Crippen molar-refractivity contribution in [3.05, 3.63) is 12.2 Å². The van der Waals surface area contributed by atoms with Crippen molar-refractivity contribution in [2.75, 3.05) is 6.61 Å². The Hall–Kier alpha value is -0.990. The normalized spacial score (nSPS) is 41.4. The molecule has 3 aliphatic heterocycles. The zero-order valence-corrected chi connectivity index (χ0v) is 15.8. The Balaban J connectivity index is 1.35. The molecule has 0 aromatic carbocycles. The number of esters is 1. The first-order valence-electron chi connectivity index (χ1n) is 10.2. The molecule has 7 heteroatoms. The van der Waals surface area contributed by atoms with E-state index in [1.165, 1.54) is 0 Å². The summed E-state index contributed by atoms with van der Waals surface area (Å²) in [6, 6.07) is 0. The molecule has 0 radical (unpaired) electrons. The van der Waals surface area contributed by atoms with Crippen LogP contribution in [-0.2, 0) is 33.2 Å². The van der Waals surface area contributed by atoms with Gasteiger partial charge in [0.15, 0.2) is 17.7 Å². The Morgan fingerprint density at radius 1 is 0.926 bits per heavy atom. The lowest BCUT2D eigenvalue weighted by Crippen LogP contribution is -2.41. The average Bonchev–Trinajstić information content (AvgIpc) is 3.43. The molecule has 5 fully saturated rings. The van der Waals surface area contributed by atoms with Crippen LogP contribution in [-0.4, -0.2) is 54.9 Å². The van der Waals surface area contributed by atoms with Gasteiger partial charge in [-0.3, -0.25) is 0 Å². The molecular formula is C20H28O7. The van der Waals surface area contributed by atoms with Gasteiger partial charge in [0.25, 0.3) is 0 Å². The van der Waals surface area contributed by atoms with Crippen molar-refractivity contribution in [3.63, 3.8) is 0 Å². The van der Waals surface area contributed by atoms with Gasteiger partial charge in [-0.05, 0) is 32.6 Å². The minimum atomic E-state index is -0.812. The fourth-order valence-electron chi connectivity index (χ4n) is 5.10. The first-order chi connectivity index (χ1) is 13.0. The van der Waals surface area contributed by atoms with E-state index in [9.17, 15) is 4.79 Å². The van der Waals surface area contributed by atoms with E-state index in [1.54, 1.807) is 6.92 Å². The second kappa shape index (κ2) is 6.52. The highest BCUT2D eigenvalue weighted by Crippen LogP contribution is 2.49. The van der Waals surface area contributed by atoms with Crippen LogP contribution in [0.2, 0.25) is 0 Å². The van der Waals surface area contributed by atoms with Crippen LogP contribution in [0.15, 0.2) is 12.2 Å². The van der Waals surface area contributed by atoms with Crippen molar-refractivity contribution in [1.29, 1.82) is 0 Å². The molecule has 27 heavy (non-hydrogen) atoms. The number of hydrogen-bond donors (Lipinski definition) is 0. The van der Waals surface area contributed by atoms with Crippen LogP contribution < -0.4 is 0 Å². The van der Waals surface area contributed by atoms with E-state index in [0.29, 0.717) is 12.2 Å². The lowest BCUT2D eigenvalue weighted by Gasteiger charge is -2.29. The highest BCUT2D eigenvalue weighted by atomic mass is 16.8. The van der Waals surface area contributed by atoms with Gasteiger partial charge in [-0.1, -0.05) is 6.58 Å². The maximum absolute atomic E-state index is 12.1. The fourth-order valence-corrected chi connectivity index (χ4v) is 5.10. The molecule has 0 aromatic heterocycles. The number of hydrogen-bond acceptors (Lipinski definition) is 7. The zero-order valence-electron chi connectivity index (χ0n) is 15.8. The van der Waals surface area contributed by atoms with E-state index in [0.717, 1.165) is 51.4 Å². The van der Waals surface area contributed by atoms with Crippen molar-refractivity contribution in [2.45, 2.75) is 101 Å². The van der Waals surface area contributed by atoms with Crippen LogP contribution in [0.1, 0.15) is 58.3 Å². The number of carbonyl (C=O) groups is 1. The summed E-state index contributed by atoms with van der Waals surface area (Å²) < 4.78 is 36.6. The lowest BCUT2D eigenvalue weighted by atomic mass is 10.1. The molecule has 2 aliphatic carbocycles. The summed E-state index contributed by atoms with van der Waals surface area (Å²) in [6.07, 6.45) is 5.74. The third-order valence-electron chi connectivity index (χ3n) is 6.45. The Morgan fingerprint density at radius 3 is 2.22 bits per heavy atom. The number of ether oxygens (including phenoxy) is 6. The molecule has 5 atom stereocenters. The third-order valence-corrected chi connectivity index (χ3v) is 6.45. The largest absolute Gasteiger partial charge is 0.429 e. The van der Waals surface area contributed by atoms with E-state index in [4.69, 9.17) is 28.4 Å². The number of carbonyl (C=O) groups excluding carboxylic acids is 1. The van der Waals surface area contributed by atoms with Gasteiger partial charge in [0, 0.05) is 31.3 Å². The fraction of sp³-hybridized carbons (Fsp3) is 0.850. The van der Waals surface area contributed by atoms with Crippen molar-refractivity contribution in [2.24, 2.45) is 0 Å². The summed E-state index contributed by atoms with van der Waals surface area (Å²) in [6.45, 7) is 5.73. The molecule has 3 saturated heterocycles. The average molecular weight is 380 g/mol. The van der Waals surface area contributed by atoms with Crippen LogP contribution in [0.3, 0.4) is 0 Å². The van der Waals surface area contributed by atoms with E-state index in [-0.39, 0.29) is 18.3 Å². The van der Waals surface area contributed by atoms with E-state index in [2.05, 4.69) is 6.58 Å². The molecule has 0 N–H and O–H groups in total. The Bertz CT molecular complexity index is 620. The summed E-state index contributed by atoms with van der Waals surface area (Å²) in [4.78, 5) is 12.1. The molecule has 2 unspecified atom stereocenters. The van der Waals surface area contributed by atoms with Gasteiger partial charge < -0.3 is 28.4 Å². The highest BCUT2D eigenvalue weighted by Gasteiger charge is 2.63. The minimum absolute atomic E-state index is 0.246. The summed E-state index contributed by atoms with van der Waals surface area (Å²) >= 11 is 0. The zero-order chi connectivity index (χ0) is 18.6. The lowest BCUT2D eigenvalue weighted by molar-refractivity contribution is -0.253. The molecule has 2 spiro atoms. The van der Waals surface area contributed by atoms with Crippen molar-refractivity contribution >= 4 is 5.97 Å². The second-order valence-electron chi connectivity index (χ2n) is 8.52. The summed E-state index contributed by atoms with van der Waals surface area (Å²) in [5.74, 6) is -1.53. The Labute approximate surface area is 159 Å². The van der Waals surface area contributed by atoms with E-state index in [1.807, 2.05) is 0 Å². The van der Waals surface area contributed by atoms with E-state index >= 15 is 0 Å². The topological polar surface area (TPSA) is 72.5 Å². The maximum atomic E-state index is 12.1. The molecule has 0 aromatic rings. The van der Waals surface area contributed by atoms with Crippen LogP contribution in [0, 0.1) is 0 Å². The highest BCUT2D eigenvalue weighted by molar-refractivity contribution is 5.87. The second-order valence-corrected chi connectivity index (χ2v) is 8.52. The molecular weight excluding hydrogens is 352 g/mol. The number of fused-ring (bicyclic) bond motifs is 1. The van der Waals surface area contributed by atoms with Crippen LogP contribution in [0.4, 0.5) is 0 Å². The van der Waals surface area contributed by atoms with Crippen LogP contribution >= 0.6 is 0 Å². The maximum Gasteiger partial charge on any atom is 0.335 e. The van der Waals surface area contributed by atoms with Gasteiger partial charge >= 0.3 is 5.97 Å². The first kappa shape index (κ1) is 18.1. The van der Waals surface area contributed by atoms with Gasteiger partial charge in [0.05, 0.1) is 6.61 Å². The summed E-state index contributed by atoms with van der Waals surface area (Å²) in [5.41, 5.74) is 0.332. The smallest absolute Gasteiger partial charge is 0.335 e. The molecule has 150 valence electrons. The SMILES string of the molecule is C=C(C)C(=O)OC1O[C@H](C2COC3(CCCC3)O2)[C@@H]2OC3(CCCC3)O[C@H]12. The standard InChI is InChI=1S/C20H28O7/c1-12(2)17(21)24-18-16-15(26-20(27-16)9-5-6-10-20)14(23-18)13-11-22-19(25-13)7-3-4-8-19/h13-16,18H,1,3-11H2,2H3/t13?,14-,15+,16+,18?/m1/s1. The van der Waals surface area contributed by atoms with Gasteiger partial charge in [0.2, 0.25) is 6.29 Å². The van der Waals surface area contributed by atoms with Gasteiger partial charge in [0.1, 0.15) is 18.3 Å². The molecule has 5 aliphatic rings. The van der Waals surface area contributed by atoms with Crippen molar-refractivity contribution in [1.82, 2.24) is 0 Å². The molecule has 5 rings (SSSR count). The molecule has 0 bridgehead atoms. The molecule has 0 amide bonds. The summed E-state index contributed by atoms with van der Waals surface area (Å²) in [5, 5.41) is 0. The molecule has 2 saturated carbocycles. The van der Waals surface area contributed by atoms with Crippen LogP contribution in [0.25, 0.3) is 0 Å². The van der Waals surface area contributed by atoms with Crippen LogP contribution in [0.5, 0.6) is 0 Å². The molecule has 7 nitrogen and oxygen atoms in total. The van der Waals surface area contributed by atoms with Gasteiger partial charge in [-0.25, -0.2) is 4.79 Å². The Kier molecular flexibility index (Phi) is 4.37. The quantitative estimate of drug-likeness (QED) is 0.550. The predicted molar refractivity (Wildman–Crippen MR) is 92.5 cm³/mol. The molecule has 3 heterocycles. The predicted octanol–water partition coefficient (Wildman–Crippen LogP) is 2.57. The third kappa shape index (κ3) is 3.04. The number of rotatable bonds is 3. The summed E-state index contributed by atoms with van der Waals surface area (Å²) in [7, 11) is 0. The van der Waals surface area contributed by atoms with Crippen molar-refractivity contribution < 1.29 is 33.2 Å².